The Balaban J connectivity index is 1.34. The molecular weight excluding hydrogens is 540 g/mol. The summed E-state index contributed by atoms with van der Waals surface area (Å²) in [7, 11) is 0. The van der Waals surface area contributed by atoms with Crippen LogP contribution >= 0.6 is 23.1 Å². The number of oxime groups is 1. The quantitative estimate of drug-likeness (QED) is 0.109. The van der Waals surface area contributed by atoms with Gasteiger partial charge in [-0.05, 0) is 6.42 Å². The number of hydrogen-bond donors (Lipinski definition) is 4. The number of nitrogens with two attached hydrogens (primary N) is 1. The first-order chi connectivity index (χ1) is 18.2. The third kappa shape index (κ3) is 4.76. The molecule has 0 unspecified atom stereocenters. The number of thiazole rings is 1. The zero-order valence-corrected chi connectivity index (χ0v) is 21.3. The number of carboxylic acid groups (broad SMARTS) is 2. The highest BCUT2D eigenvalue weighted by molar-refractivity contribution is 8.00. The van der Waals surface area contributed by atoms with Gasteiger partial charge in [0, 0.05) is 23.3 Å². The molecule has 3 aliphatic rings. The van der Waals surface area contributed by atoms with Gasteiger partial charge in [-0.15, -0.1) is 32.5 Å². The zero-order valence-electron chi connectivity index (χ0n) is 19.7. The van der Waals surface area contributed by atoms with Crippen molar-refractivity contribution in [1.82, 2.24) is 19.9 Å². The smallest absolute Gasteiger partial charge is 0.344 e. The second-order valence-electron chi connectivity index (χ2n) is 8.48. The lowest BCUT2D eigenvalue weighted by Gasteiger charge is -2.50. The van der Waals surface area contributed by atoms with Crippen molar-refractivity contribution in [3.8, 4) is 0 Å². The molecule has 0 saturated carbocycles. The molecule has 5 heterocycles. The summed E-state index contributed by atoms with van der Waals surface area (Å²) in [6.45, 7) is 1.10. The van der Waals surface area contributed by atoms with Crippen molar-refractivity contribution >= 4 is 63.5 Å². The first-order valence-corrected chi connectivity index (χ1v) is 13.3. The average molecular weight is 563 g/mol. The lowest BCUT2D eigenvalue weighted by atomic mass is 10.0. The Morgan fingerprint density at radius 3 is 2.95 bits per heavy atom. The monoisotopic (exact) mass is 562 g/mol. The Morgan fingerprint density at radius 1 is 1.42 bits per heavy atom. The van der Waals surface area contributed by atoms with Gasteiger partial charge in [-0.2, -0.15) is 0 Å². The number of hydrogen-bond acceptors (Lipinski definition) is 12. The van der Waals surface area contributed by atoms with E-state index < -0.39 is 41.8 Å². The van der Waals surface area contributed by atoms with Gasteiger partial charge in [0.05, 0.1) is 24.3 Å². The summed E-state index contributed by atoms with van der Waals surface area (Å²) in [5, 5.41) is 31.2. The Labute approximate surface area is 222 Å². The third-order valence-corrected chi connectivity index (χ3v) is 8.06. The molecule has 200 valence electrons. The van der Waals surface area contributed by atoms with Gasteiger partial charge in [0.25, 0.3) is 11.8 Å². The highest BCUT2D eigenvalue weighted by Gasteiger charge is 2.53. The van der Waals surface area contributed by atoms with Crippen molar-refractivity contribution in [2.24, 2.45) is 5.16 Å². The Hall–Kier alpha value is -4.12. The average Bonchev–Trinajstić information content (AvgIpc) is 3.50. The first kappa shape index (κ1) is 25.5. The van der Waals surface area contributed by atoms with E-state index in [1.54, 1.807) is 0 Å². The summed E-state index contributed by atoms with van der Waals surface area (Å²) in [5.74, 6) is -3.03. The number of nitrogens with zero attached hydrogens (tertiary/aromatic N) is 5. The van der Waals surface area contributed by atoms with Crippen molar-refractivity contribution in [3.63, 3.8) is 0 Å². The number of rotatable bonds is 9. The summed E-state index contributed by atoms with van der Waals surface area (Å²) in [5.41, 5.74) is 5.61. The van der Waals surface area contributed by atoms with Crippen LogP contribution in [0.25, 0.3) is 0 Å². The number of carbonyl (C=O) groups is 4. The highest BCUT2D eigenvalue weighted by Crippen LogP contribution is 2.40. The minimum atomic E-state index is -1.48. The van der Waals surface area contributed by atoms with Crippen LogP contribution in [0.5, 0.6) is 0 Å². The van der Waals surface area contributed by atoms with Crippen LogP contribution in [0, 0.1) is 0 Å². The van der Waals surface area contributed by atoms with E-state index in [9.17, 15) is 24.3 Å². The molecule has 1 fully saturated rings. The summed E-state index contributed by atoms with van der Waals surface area (Å²) in [4.78, 5) is 58.8. The second kappa shape index (κ2) is 10.3. The Kier molecular flexibility index (Phi) is 6.94. The van der Waals surface area contributed by atoms with Crippen LogP contribution in [0.2, 0.25) is 0 Å². The van der Waals surface area contributed by atoms with E-state index in [1.165, 1.54) is 17.1 Å². The molecule has 0 aliphatic carbocycles. The first-order valence-electron chi connectivity index (χ1n) is 11.4. The SMILES string of the molecule is Nc1nc(C(=NOCC(=O)O)C(=O)N[C@@H]2C(=O)N3C(C(=O)[O-])=C(C[n+]4ccc5n4CCCN5)CS[C@H]23)cs1. The van der Waals surface area contributed by atoms with Crippen LogP contribution in [-0.2, 0) is 37.1 Å². The van der Waals surface area contributed by atoms with Gasteiger partial charge in [0.15, 0.2) is 29.4 Å². The van der Waals surface area contributed by atoms with Crippen molar-refractivity contribution in [2.45, 2.75) is 30.9 Å². The number of amides is 2. The molecule has 0 bridgehead atoms. The number of carboxylic acids is 2. The van der Waals surface area contributed by atoms with E-state index in [0.29, 0.717) is 11.3 Å². The lowest BCUT2D eigenvalue weighted by Crippen LogP contribution is -2.71. The van der Waals surface area contributed by atoms with Gasteiger partial charge in [-0.1, -0.05) is 5.16 Å². The van der Waals surface area contributed by atoms with E-state index in [0.717, 1.165) is 41.6 Å². The number of nitrogens with one attached hydrogen (secondary N) is 2. The molecule has 2 aromatic heterocycles. The normalized spacial score (nSPS) is 20.7. The Morgan fingerprint density at radius 2 is 2.24 bits per heavy atom. The van der Waals surface area contributed by atoms with Gasteiger partial charge < -0.3 is 36.2 Å². The predicted molar refractivity (Wildman–Crippen MR) is 131 cm³/mol. The third-order valence-electron chi connectivity index (χ3n) is 6.05. The molecule has 5 rings (SSSR count). The van der Waals surface area contributed by atoms with Gasteiger partial charge in [-0.3, -0.25) is 14.5 Å². The molecule has 0 radical (unpaired) electrons. The maximum Gasteiger partial charge on any atom is 0.344 e. The largest absolute Gasteiger partial charge is 0.543 e. The summed E-state index contributed by atoms with van der Waals surface area (Å²) in [6.07, 6.45) is 2.78. The number of aromatic nitrogens is 3. The number of aliphatic carboxylic acids is 2. The topological polar surface area (TPSA) is 208 Å². The number of thioether (sulfide) groups is 1. The molecule has 2 atom stereocenters. The zero-order chi connectivity index (χ0) is 27.0. The van der Waals surface area contributed by atoms with E-state index in [-0.39, 0.29) is 28.8 Å². The summed E-state index contributed by atoms with van der Waals surface area (Å²) in [6, 6.07) is 0.856. The number of carbonyl (C=O) groups excluding carboxylic acids is 3. The van der Waals surface area contributed by atoms with Gasteiger partial charge >= 0.3 is 5.97 Å². The van der Waals surface area contributed by atoms with Gasteiger partial charge in [-0.25, -0.2) is 9.78 Å². The summed E-state index contributed by atoms with van der Waals surface area (Å²) >= 11 is 2.34. The van der Waals surface area contributed by atoms with Crippen LogP contribution in [0.1, 0.15) is 12.1 Å². The maximum absolute atomic E-state index is 13.1. The fraction of sp³-hybridized carbons (Fsp3) is 0.381. The maximum atomic E-state index is 13.1. The Bertz CT molecular complexity index is 1380. The number of nitrogen functional groups attached to an aromatic ring is 1. The number of β-lactam (4-membered cyclic amide) rings is 1. The number of fused-ring (bicyclic) bond motifs is 2. The number of anilines is 2. The van der Waals surface area contributed by atoms with Gasteiger partial charge in [0.1, 0.15) is 17.1 Å². The van der Waals surface area contributed by atoms with Crippen LogP contribution in [0.15, 0.2) is 34.1 Å². The van der Waals surface area contributed by atoms with Crippen LogP contribution in [0.4, 0.5) is 10.9 Å². The molecule has 17 heteroatoms. The van der Waals surface area contributed by atoms with E-state index in [4.69, 9.17) is 15.7 Å². The molecule has 3 aliphatic heterocycles. The molecule has 1 saturated heterocycles. The molecule has 0 spiro atoms. The molecule has 2 amide bonds. The van der Waals surface area contributed by atoms with Crippen molar-refractivity contribution in [1.29, 1.82) is 0 Å². The van der Waals surface area contributed by atoms with E-state index >= 15 is 0 Å². The fourth-order valence-corrected chi connectivity index (χ4v) is 6.28. The summed E-state index contributed by atoms with van der Waals surface area (Å²) < 4.78 is 3.91. The van der Waals surface area contributed by atoms with Crippen LogP contribution in [-0.4, -0.2) is 79.5 Å². The highest BCUT2D eigenvalue weighted by atomic mass is 32.2. The van der Waals surface area contributed by atoms with Crippen LogP contribution in [0.3, 0.4) is 0 Å². The van der Waals surface area contributed by atoms with E-state index in [2.05, 4.69) is 20.8 Å². The van der Waals surface area contributed by atoms with Gasteiger partial charge in [0.2, 0.25) is 6.61 Å². The molecule has 2 aromatic rings. The minimum absolute atomic E-state index is 0.0370. The molecule has 0 aromatic carbocycles. The molecule has 38 heavy (non-hydrogen) atoms. The predicted octanol–water partition coefficient (Wildman–Crippen LogP) is -2.46. The van der Waals surface area contributed by atoms with E-state index in [1.807, 2.05) is 21.6 Å². The molecular formula is C21H22N8O7S2. The standard InChI is InChI=1S/C21H22N8O7S2/c22-21-24-11(9-38-21)14(26-36-7-13(30)31)17(32)25-15-18(33)29-16(20(34)35)10(8-37-19(15)29)6-27-5-2-12-23-3-1-4-28(12)27/h2,5,9,15,19H,1,3-4,6-8H2,(H5,22,24,25,30,31,32,34,35)/t15-,19-/m1/s1. The minimum Gasteiger partial charge on any atom is -0.543 e. The van der Waals surface area contributed by atoms with Crippen molar-refractivity contribution in [2.75, 3.05) is 30.0 Å². The lowest BCUT2D eigenvalue weighted by molar-refractivity contribution is -0.768. The molecule has 15 nitrogen and oxygen atoms in total. The fourth-order valence-electron chi connectivity index (χ4n) is 4.40. The second-order valence-corrected chi connectivity index (χ2v) is 10.5. The van der Waals surface area contributed by atoms with Crippen molar-refractivity contribution in [3.05, 3.63) is 34.6 Å². The van der Waals surface area contributed by atoms with Crippen LogP contribution < -0.4 is 26.2 Å². The molecule has 5 N–H and O–H groups in total. The van der Waals surface area contributed by atoms with Crippen molar-refractivity contribution < 1.29 is 38.9 Å².